The van der Waals surface area contributed by atoms with Crippen molar-refractivity contribution in [3.63, 3.8) is 0 Å². The Morgan fingerprint density at radius 1 is 1.47 bits per heavy atom. The van der Waals surface area contributed by atoms with Crippen molar-refractivity contribution in [1.29, 1.82) is 5.26 Å². The van der Waals surface area contributed by atoms with E-state index in [2.05, 4.69) is 22.8 Å². The molecule has 1 fully saturated rings. The van der Waals surface area contributed by atoms with E-state index in [1.165, 1.54) is 0 Å². The van der Waals surface area contributed by atoms with Crippen LogP contribution in [0.4, 0.5) is 13.2 Å². The lowest BCUT2D eigenvalue weighted by Crippen LogP contribution is -2.21. The van der Waals surface area contributed by atoms with Crippen LogP contribution in [0, 0.1) is 22.7 Å². The number of nitrogens with zero attached hydrogens (tertiary/aromatic N) is 3. The van der Waals surface area contributed by atoms with Crippen LogP contribution in [-0.2, 0) is 0 Å². The monoisotopic (exact) mass is 271 g/mol. The summed E-state index contributed by atoms with van der Waals surface area (Å²) < 4.78 is 37.2. The Hall–Kier alpha value is -1.64. The number of amidine groups is 1. The second-order valence-corrected chi connectivity index (χ2v) is 5.01. The summed E-state index contributed by atoms with van der Waals surface area (Å²) in [5, 5.41) is 9.22. The predicted octanol–water partition coefficient (Wildman–Crippen LogP) is 3.88. The quantitative estimate of drug-likeness (QED) is 0.565. The number of nitriles is 1. The molecule has 0 N–H and O–H groups in total. The van der Waals surface area contributed by atoms with Gasteiger partial charge in [-0.25, -0.2) is 9.98 Å². The van der Waals surface area contributed by atoms with Crippen LogP contribution in [0.3, 0.4) is 0 Å². The molecule has 1 unspecified atom stereocenters. The van der Waals surface area contributed by atoms with Crippen LogP contribution in [0.2, 0.25) is 0 Å². The SMILES string of the molecule is C=NC(=N/C=C(\C)C(C)(C#N)CC1CC1)C(F)(F)F. The minimum atomic E-state index is -4.63. The van der Waals surface area contributed by atoms with Crippen LogP contribution in [0.5, 0.6) is 0 Å². The van der Waals surface area contributed by atoms with Crippen molar-refractivity contribution in [2.45, 2.75) is 39.3 Å². The Bertz CT molecular complexity index is 453. The first-order valence-electron chi connectivity index (χ1n) is 5.93. The predicted molar refractivity (Wildman–Crippen MR) is 67.9 cm³/mol. The van der Waals surface area contributed by atoms with Gasteiger partial charge in [0.2, 0.25) is 5.84 Å². The summed E-state index contributed by atoms with van der Waals surface area (Å²) in [4.78, 5) is 6.16. The third kappa shape index (κ3) is 4.19. The molecule has 0 aliphatic heterocycles. The Morgan fingerprint density at radius 3 is 2.42 bits per heavy atom. The lowest BCUT2D eigenvalue weighted by molar-refractivity contribution is -0.0596. The van der Waals surface area contributed by atoms with Crippen molar-refractivity contribution >= 4 is 12.6 Å². The summed E-state index contributed by atoms with van der Waals surface area (Å²) in [5.74, 6) is -0.796. The summed E-state index contributed by atoms with van der Waals surface area (Å²) in [5.41, 5.74) is -0.268. The smallest absolute Gasteiger partial charge is 0.241 e. The maximum atomic E-state index is 12.4. The Labute approximate surface area is 110 Å². The van der Waals surface area contributed by atoms with Crippen molar-refractivity contribution < 1.29 is 13.2 Å². The van der Waals surface area contributed by atoms with Crippen LogP contribution in [0.25, 0.3) is 0 Å². The van der Waals surface area contributed by atoms with Crippen LogP contribution in [0.1, 0.15) is 33.1 Å². The highest BCUT2D eigenvalue weighted by Gasteiger charge is 2.36. The van der Waals surface area contributed by atoms with Gasteiger partial charge in [-0.15, -0.1) is 0 Å². The average molecular weight is 271 g/mol. The first kappa shape index (κ1) is 15.4. The van der Waals surface area contributed by atoms with Crippen LogP contribution < -0.4 is 0 Å². The molecule has 1 aliphatic carbocycles. The van der Waals surface area contributed by atoms with Crippen molar-refractivity contribution in [2.24, 2.45) is 21.3 Å². The Morgan fingerprint density at radius 2 is 2.05 bits per heavy atom. The summed E-state index contributed by atoms with van der Waals surface area (Å²) in [6, 6.07) is 2.17. The third-order valence-electron chi connectivity index (χ3n) is 3.29. The van der Waals surface area contributed by atoms with E-state index in [4.69, 9.17) is 0 Å². The van der Waals surface area contributed by atoms with E-state index in [0.29, 0.717) is 17.9 Å². The highest BCUT2D eigenvalue weighted by Crippen LogP contribution is 2.43. The fourth-order valence-corrected chi connectivity index (χ4v) is 1.70. The van der Waals surface area contributed by atoms with Gasteiger partial charge in [-0.3, -0.25) is 0 Å². The molecule has 0 aromatic carbocycles. The molecule has 6 heteroatoms. The van der Waals surface area contributed by atoms with E-state index in [1.54, 1.807) is 13.8 Å². The molecule has 0 bridgehead atoms. The average Bonchev–Trinajstić information content (AvgIpc) is 3.11. The van der Waals surface area contributed by atoms with E-state index < -0.39 is 17.4 Å². The summed E-state index contributed by atoms with van der Waals surface area (Å²) >= 11 is 0. The van der Waals surface area contributed by atoms with Crippen LogP contribution in [-0.4, -0.2) is 18.7 Å². The Kier molecular flexibility index (Phi) is 4.51. The molecule has 0 aromatic rings. The van der Waals surface area contributed by atoms with Crippen molar-refractivity contribution in [1.82, 2.24) is 0 Å². The highest BCUT2D eigenvalue weighted by atomic mass is 19.4. The molecule has 1 rings (SSSR count). The van der Waals surface area contributed by atoms with Gasteiger partial charge in [0.05, 0.1) is 11.5 Å². The number of rotatable bonds is 4. The van der Waals surface area contributed by atoms with Crippen LogP contribution in [0.15, 0.2) is 21.8 Å². The second-order valence-electron chi connectivity index (χ2n) is 5.01. The van der Waals surface area contributed by atoms with Crippen molar-refractivity contribution in [2.75, 3.05) is 0 Å². The molecular formula is C13H16F3N3. The highest BCUT2D eigenvalue weighted by molar-refractivity contribution is 5.91. The normalized spacial score (nSPS) is 20.6. The van der Waals surface area contributed by atoms with Gasteiger partial charge in [-0.1, -0.05) is 12.8 Å². The van der Waals surface area contributed by atoms with Gasteiger partial charge in [0.1, 0.15) is 0 Å². The second kappa shape index (κ2) is 5.55. The van der Waals surface area contributed by atoms with Gasteiger partial charge >= 0.3 is 6.18 Å². The molecular weight excluding hydrogens is 255 g/mol. The molecule has 3 nitrogen and oxygen atoms in total. The fraction of sp³-hybridized carbons (Fsp3) is 0.615. The minimum Gasteiger partial charge on any atom is -0.241 e. The number of hydrogen-bond acceptors (Lipinski definition) is 2. The van der Waals surface area contributed by atoms with Gasteiger partial charge in [-0.2, -0.15) is 18.4 Å². The molecule has 1 aliphatic rings. The van der Waals surface area contributed by atoms with E-state index >= 15 is 0 Å². The summed E-state index contributed by atoms with van der Waals surface area (Å²) in [7, 11) is 0. The molecule has 19 heavy (non-hydrogen) atoms. The molecule has 0 spiro atoms. The van der Waals surface area contributed by atoms with Gasteiger partial charge in [0.25, 0.3) is 0 Å². The number of halogens is 3. The molecule has 1 atom stereocenters. The fourth-order valence-electron chi connectivity index (χ4n) is 1.70. The third-order valence-corrected chi connectivity index (χ3v) is 3.29. The molecule has 0 saturated heterocycles. The van der Waals surface area contributed by atoms with E-state index in [9.17, 15) is 18.4 Å². The number of aliphatic imine (C=N–C) groups is 2. The minimum absolute atomic E-state index is 0.497. The molecule has 104 valence electrons. The zero-order valence-electron chi connectivity index (χ0n) is 11.0. The summed E-state index contributed by atoms with van der Waals surface area (Å²) in [6.07, 6.45) is -0.739. The van der Waals surface area contributed by atoms with Crippen molar-refractivity contribution in [3.8, 4) is 6.07 Å². The first-order valence-corrected chi connectivity index (χ1v) is 5.93. The molecule has 0 amide bonds. The molecule has 0 radical (unpaired) electrons. The van der Waals surface area contributed by atoms with Gasteiger partial charge in [0.15, 0.2) is 0 Å². The van der Waals surface area contributed by atoms with Gasteiger partial charge in [0, 0.05) is 6.20 Å². The lowest BCUT2D eigenvalue weighted by atomic mass is 9.80. The lowest BCUT2D eigenvalue weighted by Gasteiger charge is -2.21. The largest absolute Gasteiger partial charge is 0.451 e. The topological polar surface area (TPSA) is 48.5 Å². The number of hydrogen-bond donors (Lipinski definition) is 0. The maximum absolute atomic E-state index is 12.4. The molecule has 0 aromatic heterocycles. The zero-order valence-corrected chi connectivity index (χ0v) is 11.0. The van der Waals surface area contributed by atoms with Gasteiger partial charge in [-0.05, 0) is 38.5 Å². The van der Waals surface area contributed by atoms with E-state index in [-0.39, 0.29) is 0 Å². The zero-order chi connectivity index (χ0) is 14.7. The van der Waals surface area contributed by atoms with E-state index in [1.807, 2.05) is 0 Å². The Balaban J connectivity index is 2.93. The first-order chi connectivity index (χ1) is 8.73. The van der Waals surface area contributed by atoms with Gasteiger partial charge < -0.3 is 0 Å². The standard InChI is InChI=1S/C13H16F3N3/c1-9(7-19-11(18-3)13(14,15)16)12(2,8-17)6-10-4-5-10/h7,10H,3-6H2,1-2H3/b9-7+,19-11?. The van der Waals surface area contributed by atoms with E-state index in [0.717, 1.165) is 19.0 Å². The van der Waals surface area contributed by atoms with Crippen molar-refractivity contribution in [3.05, 3.63) is 11.8 Å². The van der Waals surface area contributed by atoms with Crippen LogP contribution >= 0.6 is 0 Å². The number of allylic oxidation sites excluding steroid dienone is 1. The molecule has 1 saturated carbocycles. The molecule has 0 heterocycles. The maximum Gasteiger partial charge on any atom is 0.451 e. The number of alkyl halides is 3. The summed E-state index contributed by atoms with van der Waals surface area (Å²) in [6.45, 7) is 6.19.